The maximum Gasteiger partial charge on any atom is 0.220 e. The molecule has 1 rings (SSSR count). The van der Waals surface area contributed by atoms with E-state index in [0.29, 0.717) is 19.4 Å². The molecule has 0 heterocycles. The quantitative estimate of drug-likeness (QED) is 0.795. The zero-order valence-electron chi connectivity index (χ0n) is 11.5. The molecule has 1 aromatic rings. The normalized spacial score (nSPS) is 13.9. The standard InChI is InChI=1S/C15H22FNO2/c1-11(6-13-4-3-5-14(16)8-13)7-15(19)17-9-12(2)10-18/h3-5,8,11-12,18H,6-7,9-10H2,1-2H3,(H,17,19). The third kappa shape index (κ3) is 6.34. The summed E-state index contributed by atoms with van der Waals surface area (Å²) >= 11 is 0. The van der Waals surface area contributed by atoms with Crippen molar-refractivity contribution >= 4 is 5.91 Å². The second kappa shape index (κ2) is 7.89. The first-order valence-corrected chi connectivity index (χ1v) is 6.63. The van der Waals surface area contributed by atoms with Crippen LogP contribution in [0.5, 0.6) is 0 Å². The van der Waals surface area contributed by atoms with Crippen molar-refractivity contribution in [1.29, 1.82) is 0 Å². The number of hydrogen-bond donors (Lipinski definition) is 2. The van der Waals surface area contributed by atoms with Crippen molar-refractivity contribution in [2.24, 2.45) is 11.8 Å². The molecule has 0 aliphatic heterocycles. The molecule has 0 fully saturated rings. The second-order valence-electron chi connectivity index (χ2n) is 5.24. The van der Waals surface area contributed by atoms with E-state index in [1.54, 1.807) is 6.07 Å². The average molecular weight is 267 g/mol. The van der Waals surface area contributed by atoms with E-state index in [4.69, 9.17) is 5.11 Å². The summed E-state index contributed by atoms with van der Waals surface area (Å²) in [6.07, 6.45) is 1.09. The second-order valence-corrected chi connectivity index (χ2v) is 5.24. The average Bonchev–Trinajstić information content (AvgIpc) is 2.35. The molecule has 2 atom stereocenters. The molecule has 0 aliphatic carbocycles. The molecule has 0 saturated carbocycles. The molecule has 2 unspecified atom stereocenters. The molecule has 0 aromatic heterocycles. The lowest BCUT2D eigenvalue weighted by atomic mass is 9.97. The molecule has 1 amide bonds. The van der Waals surface area contributed by atoms with Crippen LogP contribution >= 0.6 is 0 Å². The van der Waals surface area contributed by atoms with Gasteiger partial charge in [-0.1, -0.05) is 26.0 Å². The minimum atomic E-state index is -0.245. The third-order valence-corrected chi connectivity index (χ3v) is 2.97. The first-order chi connectivity index (χ1) is 9.01. The van der Waals surface area contributed by atoms with Crippen molar-refractivity contribution in [2.75, 3.05) is 13.2 Å². The highest BCUT2D eigenvalue weighted by Gasteiger charge is 2.11. The molecule has 1 aromatic carbocycles. The maximum atomic E-state index is 13.0. The van der Waals surface area contributed by atoms with Crippen LogP contribution in [0.25, 0.3) is 0 Å². The van der Waals surface area contributed by atoms with Crippen LogP contribution in [0.2, 0.25) is 0 Å². The highest BCUT2D eigenvalue weighted by Crippen LogP contribution is 2.13. The van der Waals surface area contributed by atoms with Crippen LogP contribution in [0.1, 0.15) is 25.8 Å². The van der Waals surface area contributed by atoms with Gasteiger partial charge < -0.3 is 10.4 Å². The minimum absolute atomic E-state index is 0.0239. The van der Waals surface area contributed by atoms with Crippen molar-refractivity contribution < 1.29 is 14.3 Å². The lowest BCUT2D eigenvalue weighted by Gasteiger charge is -2.13. The van der Waals surface area contributed by atoms with Gasteiger partial charge in [-0.05, 0) is 36.0 Å². The number of nitrogens with one attached hydrogen (secondary N) is 1. The molecular weight excluding hydrogens is 245 g/mol. The van der Waals surface area contributed by atoms with Crippen molar-refractivity contribution in [2.45, 2.75) is 26.7 Å². The zero-order valence-corrected chi connectivity index (χ0v) is 11.5. The molecule has 19 heavy (non-hydrogen) atoms. The van der Waals surface area contributed by atoms with Crippen molar-refractivity contribution in [3.8, 4) is 0 Å². The number of carbonyl (C=O) groups excluding carboxylic acids is 1. The Morgan fingerprint density at radius 1 is 1.37 bits per heavy atom. The summed E-state index contributed by atoms with van der Waals surface area (Å²) in [5.41, 5.74) is 0.907. The predicted octanol–water partition coefficient (Wildman–Crippen LogP) is 2.14. The molecule has 3 nitrogen and oxygen atoms in total. The van der Waals surface area contributed by atoms with Crippen LogP contribution in [0, 0.1) is 17.7 Å². The van der Waals surface area contributed by atoms with Gasteiger partial charge in [0.05, 0.1) is 0 Å². The number of halogens is 1. The van der Waals surface area contributed by atoms with Crippen LogP contribution in [0.3, 0.4) is 0 Å². The Hall–Kier alpha value is -1.42. The number of hydrogen-bond acceptors (Lipinski definition) is 2. The summed E-state index contributed by atoms with van der Waals surface area (Å²) in [5.74, 6) is -0.0381. The van der Waals surface area contributed by atoms with Crippen LogP contribution in [-0.2, 0) is 11.2 Å². The molecule has 0 radical (unpaired) electrons. The number of amides is 1. The first kappa shape index (κ1) is 15.6. The summed E-state index contributed by atoms with van der Waals surface area (Å²) in [5, 5.41) is 11.7. The molecule has 2 N–H and O–H groups in total. The Bertz CT molecular complexity index is 409. The Morgan fingerprint density at radius 3 is 2.74 bits per heavy atom. The fraction of sp³-hybridized carbons (Fsp3) is 0.533. The lowest BCUT2D eigenvalue weighted by Crippen LogP contribution is -2.30. The van der Waals surface area contributed by atoms with E-state index in [9.17, 15) is 9.18 Å². The van der Waals surface area contributed by atoms with E-state index in [-0.39, 0.29) is 30.2 Å². The Kier molecular flexibility index (Phi) is 6.50. The van der Waals surface area contributed by atoms with Gasteiger partial charge in [-0.15, -0.1) is 0 Å². The van der Waals surface area contributed by atoms with Gasteiger partial charge in [-0.25, -0.2) is 4.39 Å². The van der Waals surface area contributed by atoms with Gasteiger partial charge in [0, 0.05) is 19.6 Å². The molecule has 0 bridgehead atoms. The van der Waals surface area contributed by atoms with Crippen molar-refractivity contribution in [3.63, 3.8) is 0 Å². The van der Waals surface area contributed by atoms with Gasteiger partial charge in [0.2, 0.25) is 5.91 Å². The van der Waals surface area contributed by atoms with Gasteiger partial charge in [-0.3, -0.25) is 4.79 Å². The van der Waals surface area contributed by atoms with E-state index >= 15 is 0 Å². The number of benzene rings is 1. The number of rotatable bonds is 7. The fourth-order valence-electron chi connectivity index (χ4n) is 1.88. The predicted molar refractivity (Wildman–Crippen MR) is 73.1 cm³/mol. The molecule has 106 valence electrons. The SMILES string of the molecule is CC(CO)CNC(=O)CC(C)Cc1cccc(F)c1. The topological polar surface area (TPSA) is 49.3 Å². The zero-order chi connectivity index (χ0) is 14.3. The number of aliphatic hydroxyl groups excluding tert-OH is 1. The highest BCUT2D eigenvalue weighted by atomic mass is 19.1. The van der Waals surface area contributed by atoms with Gasteiger partial charge in [0.1, 0.15) is 5.82 Å². The molecule has 0 spiro atoms. The molecular formula is C15H22FNO2. The Balaban J connectivity index is 2.34. The number of carbonyl (C=O) groups is 1. The van der Waals surface area contributed by atoms with E-state index in [2.05, 4.69) is 5.32 Å². The molecule has 0 saturated heterocycles. The van der Waals surface area contributed by atoms with Crippen LogP contribution < -0.4 is 5.32 Å². The van der Waals surface area contributed by atoms with Crippen LogP contribution in [0.15, 0.2) is 24.3 Å². The minimum Gasteiger partial charge on any atom is -0.396 e. The Morgan fingerprint density at radius 2 is 2.11 bits per heavy atom. The van der Waals surface area contributed by atoms with Crippen LogP contribution in [-0.4, -0.2) is 24.2 Å². The van der Waals surface area contributed by atoms with Gasteiger partial charge in [0.25, 0.3) is 0 Å². The smallest absolute Gasteiger partial charge is 0.220 e. The highest BCUT2D eigenvalue weighted by molar-refractivity contribution is 5.76. The number of aliphatic hydroxyl groups is 1. The van der Waals surface area contributed by atoms with E-state index in [1.807, 2.05) is 19.9 Å². The van der Waals surface area contributed by atoms with E-state index in [1.165, 1.54) is 12.1 Å². The maximum absolute atomic E-state index is 13.0. The molecule has 4 heteroatoms. The summed E-state index contributed by atoms with van der Waals surface area (Å²) < 4.78 is 13.0. The Labute approximate surface area is 113 Å². The monoisotopic (exact) mass is 267 g/mol. The van der Waals surface area contributed by atoms with Crippen molar-refractivity contribution in [3.05, 3.63) is 35.6 Å². The summed E-state index contributed by atoms with van der Waals surface area (Å²) in [6, 6.07) is 6.46. The van der Waals surface area contributed by atoms with Crippen molar-refractivity contribution in [1.82, 2.24) is 5.32 Å². The third-order valence-electron chi connectivity index (χ3n) is 2.97. The summed E-state index contributed by atoms with van der Waals surface area (Å²) in [4.78, 5) is 11.7. The lowest BCUT2D eigenvalue weighted by molar-refractivity contribution is -0.122. The first-order valence-electron chi connectivity index (χ1n) is 6.63. The van der Waals surface area contributed by atoms with Crippen LogP contribution in [0.4, 0.5) is 4.39 Å². The summed E-state index contributed by atoms with van der Waals surface area (Å²) in [7, 11) is 0. The van der Waals surface area contributed by atoms with Gasteiger partial charge in [0.15, 0.2) is 0 Å². The van der Waals surface area contributed by atoms with E-state index in [0.717, 1.165) is 5.56 Å². The largest absolute Gasteiger partial charge is 0.396 e. The van der Waals surface area contributed by atoms with E-state index < -0.39 is 0 Å². The van der Waals surface area contributed by atoms with Gasteiger partial charge >= 0.3 is 0 Å². The summed E-state index contributed by atoms with van der Waals surface area (Å²) in [6.45, 7) is 4.40. The van der Waals surface area contributed by atoms with Gasteiger partial charge in [-0.2, -0.15) is 0 Å². The fourth-order valence-corrected chi connectivity index (χ4v) is 1.88. The molecule has 0 aliphatic rings.